The summed E-state index contributed by atoms with van der Waals surface area (Å²) in [7, 11) is 0. The molecular formula is C16H16HfS. The van der Waals surface area contributed by atoms with E-state index in [9.17, 15) is 0 Å². The molecule has 0 saturated heterocycles. The summed E-state index contributed by atoms with van der Waals surface area (Å²) in [5.41, 5.74) is 0. The average Bonchev–Trinajstić information content (AvgIpc) is 3.10. The minimum absolute atomic E-state index is 0. The molecule has 0 aromatic heterocycles. The Bertz CT molecular complexity index is 295. The average molecular weight is 419 g/mol. The molecule has 0 atom stereocenters. The van der Waals surface area contributed by atoms with E-state index in [0.29, 0.717) is 0 Å². The van der Waals surface area contributed by atoms with Gasteiger partial charge in [0, 0.05) is 0 Å². The van der Waals surface area contributed by atoms with Gasteiger partial charge in [0.15, 0.2) is 0 Å². The molecule has 0 spiro atoms. The number of rotatable bonds is 0. The van der Waals surface area contributed by atoms with Gasteiger partial charge in [-0.2, -0.15) is 48.6 Å². The van der Waals surface area contributed by atoms with E-state index < -0.39 is 0 Å². The SMILES string of the molecule is [C-]1=CC=CC1.[C-]1=CC=CC1.[Hf+4].[SH-].[c-]1ccccc1. The Balaban J connectivity index is 0. The Labute approximate surface area is 136 Å². The third-order valence-electron chi connectivity index (χ3n) is 1.78. The second-order valence-corrected chi connectivity index (χ2v) is 3.08. The fourth-order valence-corrected chi connectivity index (χ4v) is 1.02. The van der Waals surface area contributed by atoms with Gasteiger partial charge in [0.1, 0.15) is 0 Å². The molecule has 0 heterocycles. The van der Waals surface area contributed by atoms with Crippen molar-refractivity contribution in [1.82, 2.24) is 0 Å². The second-order valence-electron chi connectivity index (χ2n) is 3.08. The first kappa shape index (κ1) is 19.7. The molecule has 0 nitrogen and oxygen atoms in total. The maximum absolute atomic E-state index is 2.99. The third kappa shape index (κ3) is 13.5. The molecule has 2 aliphatic carbocycles. The second kappa shape index (κ2) is 16.4. The molecule has 2 aliphatic rings. The van der Waals surface area contributed by atoms with Crippen LogP contribution in [-0.2, 0) is 39.3 Å². The summed E-state index contributed by atoms with van der Waals surface area (Å²) in [5.74, 6) is 0. The summed E-state index contributed by atoms with van der Waals surface area (Å²) in [6.07, 6.45) is 20.0. The van der Waals surface area contributed by atoms with E-state index in [1.165, 1.54) is 0 Å². The monoisotopic (exact) mass is 420 g/mol. The number of thiol groups is 1. The maximum atomic E-state index is 2.99. The van der Waals surface area contributed by atoms with E-state index in [1.807, 2.05) is 54.6 Å². The van der Waals surface area contributed by atoms with Crippen molar-refractivity contribution in [3.63, 3.8) is 0 Å². The molecule has 0 unspecified atom stereocenters. The Hall–Kier alpha value is -0.600. The van der Waals surface area contributed by atoms with Crippen LogP contribution in [0.25, 0.3) is 0 Å². The summed E-state index contributed by atoms with van der Waals surface area (Å²) >= 11 is 0. The van der Waals surface area contributed by atoms with Gasteiger partial charge in [-0.1, -0.05) is 0 Å². The molecule has 1 aromatic carbocycles. The van der Waals surface area contributed by atoms with Gasteiger partial charge in [-0.15, -0.1) is 12.8 Å². The molecule has 1 aromatic rings. The van der Waals surface area contributed by atoms with Gasteiger partial charge in [-0.3, -0.25) is 12.2 Å². The molecule has 0 saturated carbocycles. The first-order valence-electron chi connectivity index (χ1n) is 5.34. The predicted molar refractivity (Wildman–Crippen MR) is 77.2 cm³/mol. The molecule has 0 fully saturated rings. The van der Waals surface area contributed by atoms with E-state index in [0.717, 1.165) is 12.8 Å². The Morgan fingerprint density at radius 2 is 1.22 bits per heavy atom. The Kier molecular flexibility index (Phi) is 18.0. The number of benzene rings is 1. The van der Waals surface area contributed by atoms with E-state index >= 15 is 0 Å². The maximum Gasteiger partial charge on any atom is 4.00 e. The molecule has 2 heteroatoms. The van der Waals surface area contributed by atoms with Crippen molar-refractivity contribution in [2.75, 3.05) is 0 Å². The van der Waals surface area contributed by atoms with Crippen molar-refractivity contribution in [3.05, 3.63) is 85.0 Å². The van der Waals surface area contributed by atoms with Gasteiger partial charge in [-0.25, -0.2) is 24.3 Å². The number of hydrogen-bond donors (Lipinski definition) is 0. The number of allylic oxidation sites excluding steroid dienone is 8. The largest absolute Gasteiger partial charge is 4.00 e. The standard InChI is InChI=1S/C6H5.2C5H5.Hf.H2S/c1-2-4-6-5-3-1;2*1-2-4-5-3-1;;/h1-5H;2*1-3H,4H2;;1H2/q3*-1;+4;/p-1. The van der Waals surface area contributed by atoms with Crippen LogP contribution in [0.3, 0.4) is 0 Å². The Morgan fingerprint density at radius 1 is 0.722 bits per heavy atom. The van der Waals surface area contributed by atoms with Crippen LogP contribution < -0.4 is 0 Å². The smallest absolute Gasteiger partial charge is 0.813 e. The first-order valence-corrected chi connectivity index (χ1v) is 5.34. The zero-order chi connectivity index (χ0) is 11.3. The molecule has 90 valence electrons. The molecule has 18 heavy (non-hydrogen) atoms. The molecule has 0 radical (unpaired) electrons. The first-order chi connectivity index (χ1) is 8.00. The van der Waals surface area contributed by atoms with E-state index in [2.05, 4.69) is 30.4 Å². The molecule has 3 rings (SSSR count). The van der Waals surface area contributed by atoms with Crippen molar-refractivity contribution in [2.24, 2.45) is 0 Å². The van der Waals surface area contributed by atoms with Crippen molar-refractivity contribution in [1.29, 1.82) is 0 Å². The fourth-order valence-electron chi connectivity index (χ4n) is 1.02. The molecular weight excluding hydrogens is 403 g/mol. The van der Waals surface area contributed by atoms with Crippen LogP contribution >= 0.6 is 0 Å². The summed E-state index contributed by atoms with van der Waals surface area (Å²) in [4.78, 5) is 0. The van der Waals surface area contributed by atoms with Crippen molar-refractivity contribution >= 4 is 13.5 Å². The molecule has 0 aliphatic heterocycles. The quantitative estimate of drug-likeness (QED) is 0.267. The van der Waals surface area contributed by atoms with Crippen molar-refractivity contribution in [3.8, 4) is 0 Å². The summed E-state index contributed by atoms with van der Waals surface area (Å²) < 4.78 is 0. The van der Waals surface area contributed by atoms with Gasteiger partial charge >= 0.3 is 25.8 Å². The van der Waals surface area contributed by atoms with Gasteiger partial charge < -0.3 is 13.5 Å². The molecule has 0 amide bonds. The van der Waals surface area contributed by atoms with Crippen LogP contribution in [0.5, 0.6) is 0 Å². The minimum atomic E-state index is 0. The van der Waals surface area contributed by atoms with Crippen LogP contribution in [0.1, 0.15) is 12.8 Å². The van der Waals surface area contributed by atoms with Gasteiger partial charge in [0.05, 0.1) is 0 Å². The van der Waals surface area contributed by atoms with E-state index in [1.54, 1.807) is 0 Å². The molecule has 0 N–H and O–H groups in total. The van der Waals surface area contributed by atoms with Crippen molar-refractivity contribution < 1.29 is 25.8 Å². The van der Waals surface area contributed by atoms with Gasteiger partial charge in [0.2, 0.25) is 0 Å². The van der Waals surface area contributed by atoms with Crippen LogP contribution in [-0.4, -0.2) is 0 Å². The number of hydrogen-bond acceptors (Lipinski definition) is 1. The fraction of sp³-hybridized carbons (Fsp3) is 0.125. The molecule has 0 bridgehead atoms. The predicted octanol–water partition coefficient (Wildman–Crippen LogP) is 3.83. The normalized spacial score (nSPS) is 12.4. The van der Waals surface area contributed by atoms with Gasteiger partial charge in [0.25, 0.3) is 0 Å². The summed E-state index contributed by atoms with van der Waals surface area (Å²) in [6.45, 7) is 0. The third-order valence-corrected chi connectivity index (χ3v) is 1.78. The van der Waals surface area contributed by atoms with Crippen LogP contribution in [0.4, 0.5) is 0 Å². The van der Waals surface area contributed by atoms with Gasteiger partial charge in [-0.05, 0) is 0 Å². The van der Waals surface area contributed by atoms with E-state index in [4.69, 9.17) is 0 Å². The van der Waals surface area contributed by atoms with Crippen LogP contribution in [0, 0.1) is 18.2 Å². The Morgan fingerprint density at radius 3 is 1.33 bits per heavy atom. The zero-order valence-electron chi connectivity index (χ0n) is 10.2. The minimum Gasteiger partial charge on any atom is -0.813 e. The topological polar surface area (TPSA) is 0 Å². The summed E-state index contributed by atoms with van der Waals surface area (Å²) in [6, 6.07) is 12.5. The van der Waals surface area contributed by atoms with Crippen LogP contribution in [0.15, 0.2) is 66.8 Å². The zero-order valence-corrected chi connectivity index (χ0v) is 14.7. The van der Waals surface area contributed by atoms with Crippen LogP contribution in [0.2, 0.25) is 0 Å². The summed E-state index contributed by atoms with van der Waals surface area (Å²) in [5, 5.41) is 0. The van der Waals surface area contributed by atoms with E-state index in [-0.39, 0.29) is 39.3 Å². The van der Waals surface area contributed by atoms with Crippen molar-refractivity contribution in [2.45, 2.75) is 12.8 Å².